The fraction of sp³-hybridized carbons (Fsp3) is 0.263. The van der Waals surface area contributed by atoms with Crippen LogP contribution in [0.2, 0.25) is 0 Å². The summed E-state index contributed by atoms with van der Waals surface area (Å²) in [5.41, 5.74) is 4.71. The number of benzene rings is 1. The number of morpholine rings is 1. The summed E-state index contributed by atoms with van der Waals surface area (Å²) in [6.07, 6.45) is 3.59. The molecule has 4 aromatic rings. The number of fused-ring (bicyclic) bond motifs is 1. The van der Waals surface area contributed by atoms with Crippen molar-refractivity contribution in [3.8, 4) is 11.5 Å². The Morgan fingerprint density at radius 1 is 1.07 bits per heavy atom. The summed E-state index contributed by atoms with van der Waals surface area (Å²) in [6, 6.07) is 8.19. The number of aryl methyl sites for hydroxylation is 1. The Hall–Kier alpha value is -3.46. The average Bonchev–Trinajstić information content (AvgIpc) is 3.36. The van der Waals surface area contributed by atoms with Crippen molar-refractivity contribution in [2.24, 2.45) is 0 Å². The molecule has 1 aromatic carbocycles. The van der Waals surface area contributed by atoms with Crippen LogP contribution in [0, 0.1) is 6.92 Å². The third-order valence-corrected chi connectivity index (χ3v) is 4.68. The number of pyridine rings is 1. The van der Waals surface area contributed by atoms with Crippen molar-refractivity contribution >= 4 is 28.7 Å². The Morgan fingerprint density at radius 2 is 1.89 bits per heavy atom. The molecule has 0 amide bonds. The lowest BCUT2D eigenvalue weighted by Gasteiger charge is -2.28. The minimum absolute atomic E-state index is 0.274. The lowest BCUT2D eigenvalue weighted by Crippen LogP contribution is -2.36. The number of nitrogens with one attached hydrogen (secondary N) is 2. The summed E-state index contributed by atoms with van der Waals surface area (Å²) in [4.78, 5) is 14.4. The largest absolute Gasteiger partial charge is 0.403 e. The van der Waals surface area contributed by atoms with Crippen LogP contribution in [0.5, 0.6) is 0 Å². The number of nitrogens with zero attached hydrogens (tertiary/aromatic N) is 5. The van der Waals surface area contributed by atoms with Crippen LogP contribution in [-0.2, 0) is 4.74 Å². The zero-order valence-corrected chi connectivity index (χ0v) is 15.3. The first-order valence-electron chi connectivity index (χ1n) is 9.10. The zero-order valence-electron chi connectivity index (χ0n) is 15.3. The van der Waals surface area contributed by atoms with Crippen LogP contribution >= 0.6 is 0 Å². The SMILES string of the molecule is Cc1ccc(-c2nnc(Nc3nc4c(N5CCOCC5)cncc4[nH]3)o2)cc1. The van der Waals surface area contributed by atoms with E-state index in [0.29, 0.717) is 25.1 Å². The smallest absolute Gasteiger partial charge is 0.322 e. The number of hydrogen-bond donors (Lipinski definition) is 2. The van der Waals surface area contributed by atoms with E-state index in [0.717, 1.165) is 35.4 Å². The Bertz CT molecular complexity index is 1100. The van der Waals surface area contributed by atoms with Crippen LogP contribution in [0.3, 0.4) is 0 Å². The highest BCUT2D eigenvalue weighted by molar-refractivity contribution is 5.89. The molecule has 1 aliphatic heterocycles. The predicted molar refractivity (Wildman–Crippen MR) is 105 cm³/mol. The molecular weight excluding hydrogens is 358 g/mol. The quantitative estimate of drug-likeness (QED) is 0.559. The van der Waals surface area contributed by atoms with Gasteiger partial charge in [0.05, 0.1) is 36.8 Å². The van der Waals surface area contributed by atoms with Gasteiger partial charge in [-0.2, -0.15) is 0 Å². The molecule has 3 aromatic heterocycles. The summed E-state index contributed by atoms with van der Waals surface area (Å²) < 4.78 is 11.2. The van der Waals surface area contributed by atoms with Crippen LogP contribution in [-0.4, -0.2) is 51.5 Å². The predicted octanol–water partition coefficient (Wildman–Crippen LogP) is 2.90. The maximum atomic E-state index is 5.72. The van der Waals surface area contributed by atoms with Gasteiger partial charge in [-0.1, -0.05) is 22.8 Å². The number of ether oxygens (including phenoxy) is 1. The maximum Gasteiger partial charge on any atom is 0.322 e. The van der Waals surface area contributed by atoms with Crippen molar-refractivity contribution in [1.29, 1.82) is 0 Å². The van der Waals surface area contributed by atoms with Gasteiger partial charge in [-0.3, -0.25) is 10.3 Å². The number of hydrogen-bond acceptors (Lipinski definition) is 8. The molecule has 0 atom stereocenters. The number of anilines is 3. The van der Waals surface area contributed by atoms with E-state index in [1.165, 1.54) is 5.56 Å². The fourth-order valence-corrected chi connectivity index (χ4v) is 3.20. The van der Waals surface area contributed by atoms with Crippen molar-refractivity contribution in [1.82, 2.24) is 25.1 Å². The summed E-state index contributed by atoms with van der Waals surface area (Å²) in [5.74, 6) is 0.978. The lowest BCUT2D eigenvalue weighted by molar-refractivity contribution is 0.123. The Balaban J connectivity index is 1.40. The van der Waals surface area contributed by atoms with Crippen molar-refractivity contribution in [3.05, 3.63) is 42.2 Å². The van der Waals surface area contributed by atoms with E-state index in [1.54, 1.807) is 6.20 Å². The highest BCUT2D eigenvalue weighted by atomic mass is 16.5. The molecule has 5 rings (SSSR count). The van der Waals surface area contributed by atoms with Gasteiger partial charge in [0.1, 0.15) is 5.52 Å². The van der Waals surface area contributed by atoms with E-state index >= 15 is 0 Å². The minimum atomic E-state index is 0.274. The van der Waals surface area contributed by atoms with Gasteiger partial charge in [-0.15, -0.1) is 5.10 Å². The summed E-state index contributed by atoms with van der Waals surface area (Å²) in [6.45, 7) is 5.08. The number of aromatic nitrogens is 5. The van der Waals surface area contributed by atoms with Gasteiger partial charge in [-0.05, 0) is 19.1 Å². The van der Waals surface area contributed by atoms with E-state index in [-0.39, 0.29) is 6.01 Å². The van der Waals surface area contributed by atoms with Crippen LogP contribution < -0.4 is 10.2 Å². The molecule has 9 heteroatoms. The molecule has 0 bridgehead atoms. The molecule has 9 nitrogen and oxygen atoms in total. The third-order valence-electron chi connectivity index (χ3n) is 4.68. The van der Waals surface area contributed by atoms with Gasteiger partial charge in [0, 0.05) is 18.7 Å². The molecule has 0 radical (unpaired) electrons. The van der Waals surface area contributed by atoms with E-state index in [4.69, 9.17) is 9.15 Å². The molecule has 0 unspecified atom stereocenters. The summed E-state index contributed by atoms with van der Waals surface area (Å²) in [5, 5.41) is 11.2. The van der Waals surface area contributed by atoms with Crippen LogP contribution in [0.1, 0.15) is 5.56 Å². The first-order chi connectivity index (χ1) is 13.8. The van der Waals surface area contributed by atoms with Gasteiger partial charge in [0.25, 0.3) is 0 Å². The summed E-state index contributed by atoms with van der Waals surface area (Å²) in [7, 11) is 0. The number of imidazole rings is 1. The second-order valence-electron chi connectivity index (χ2n) is 6.64. The second kappa shape index (κ2) is 6.93. The Labute approximate surface area is 160 Å². The number of rotatable bonds is 4. The molecule has 0 aliphatic carbocycles. The van der Waals surface area contributed by atoms with E-state index in [1.807, 2.05) is 37.4 Å². The Morgan fingerprint density at radius 3 is 2.71 bits per heavy atom. The van der Waals surface area contributed by atoms with Gasteiger partial charge >= 0.3 is 6.01 Å². The highest BCUT2D eigenvalue weighted by Gasteiger charge is 2.17. The third kappa shape index (κ3) is 3.16. The molecule has 28 heavy (non-hydrogen) atoms. The van der Waals surface area contributed by atoms with Gasteiger partial charge in [-0.25, -0.2) is 4.98 Å². The first-order valence-corrected chi connectivity index (χ1v) is 9.10. The molecule has 0 saturated carbocycles. The monoisotopic (exact) mass is 377 g/mol. The zero-order chi connectivity index (χ0) is 18.9. The van der Waals surface area contributed by atoms with E-state index in [9.17, 15) is 0 Å². The van der Waals surface area contributed by atoms with Crippen molar-refractivity contribution < 1.29 is 9.15 Å². The molecular formula is C19H19N7O2. The van der Waals surface area contributed by atoms with Crippen molar-refractivity contribution in [2.45, 2.75) is 6.92 Å². The highest BCUT2D eigenvalue weighted by Crippen LogP contribution is 2.27. The normalized spacial score (nSPS) is 14.5. The summed E-state index contributed by atoms with van der Waals surface area (Å²) >= 11 is 0. The molecule has 2 N–H and O–H groups in total. The topological polar surface area (TPSA) is 105 Å². The lowest BCUT2D eigenvalue weighted by atomic mass is 10.1. The fourth-order valence-electron chi connectivity index (χ4n) is 3.20. The Kier molecular flexibility index (Phi) is 4.13. The molecule has 0 spiro atoms. The van der Waals surface area contributed by atoms with Crippen molar-refractivity contribution in [2.75, 3.05) is 36.5 Å². The number of aromatic amines is 1. The van der Waals surface area contributed by atoms with Crippen LogP contribution in [0.25, 0.3) is 22.5 Å². The number of H-pyrrole nitrogens is 1. The van der Waals surface area contributed by atoms with Crippen LogP contribution in [0.15, 0.2) is 41.1 Å². The van der Waals surface area contributed by atoms with Gasteiger partial charge < -0.3 is 19.0 Å². The molecule has 1 aliphatic rings. The van der Waals surface area contributed by atoms with Gasteiger partial charge in [0.2, 0.25) is 11.8 Å². The molecule has 4 heterocycles. The second-order valence-corrected chi connectivity index (χ2v) is 6.64. The van der Waals surface area contributed by atoms with Gasteiger partial charge in [0.15, 0.2) is 0 Å². The first kappa shape index (κ1) is 16.7. The van der Waals surface area contributed by atoms with E-state index < -0.39 is 0 Å². The van der Waals surface area contributed by atoms with Crippen LogP contribution in [0.4, 0.5) is 17.7 Å². The molecule has 1 saturated heterocycles. The average molecular weight is 377 g/mol. The van der Waals surface area contributed by atoms with Crippen molar-refractivity contribution in [3.63, 3.8) is 0 Å². The standard InChI is InChI=1S/C19H19N7O2/c1-12-2-4-13(5-3-12)17-24-25-19(28-17)23-18-21-14-10-20-11-15(16(14)22-18)26-6-8-27-9-7-26/h2-5,10-11H,6-9H2,1H3,(H2,21,22,23,25). The maximum absolute atomic E-state index is 5.72. The molecule has 142 valence electrons. The minimum Gasteiger partial charge on any atom is -0.403 e. The van der Waals surface area contributed by atoms with E-state index in [2.05, 4.69) is 35.4 Å². The molecule has 1 fully saturated rings.